The van der Waals surface area contributed by atoms with Gasteiger partial charge in [0.1, 0.15) is 18.7 Å². The summed E-state index contributed by atoms with van der Waals surface area (Å²) in [5.41, 5.74) is 3.00. The van der Waals surface area contributed by atoms with Crippen LogP contribution in [0, 0.1) is 0 Å². The summed E-state index contributed by atoms with van der Waals surface area (Å²) in [4.78, 5) is 44.7. The molecule has 1 aliphatic rings. The molecule has 2 N–H and O–H groups in total. The Kier molecular flexibility index (Phi) is 12.1. The molecule has 5 rings (SSSR count). The Morgan fingerprint density at radius 2 is 1.45 bits per heavy atom. The summed E-state index contributed by atoms with van der Waals surface area (Å²) >= 11 is 0. The van der Waals surface area contributed by atoms with Crippen LogP contribution in [0.25, 0.3) is 10.8 Å². The number of fused-ring (bicyclic) bond motifs is 1. The normalized spacial score (nSPS) is 15.6. The lowest BCUT2D eigenvalue weighted by molar-refractivity contribution is -0.149. The van der Waals surface area contributed by atoms with Crippen LogP contribution in [0.3, 0.4) is 0 Å². The summed E-state index contributed by atoms with van der Waals surface area (Å²) in [5.74, 6) is -0.806. The Morgan fingerprint density at radius 3 is 2.15 bits per heavy atom. The van der Waals surface area contributed by atoms with E-state index in [9.17, 15) is 14.4 Å². The zero-order chi connectivity index (χ0) is 33.0. The number of nitrogens with zero attached hydrogens (tertiary/aromatic N) is 2. The van der Waals surface area contributed by atoms with E-state index in [1.54, 1.807) is 14.1 Å². The van der Waals surface area contributed by atoms with Crippen LogP contribution in [0.1, 0.15) is 29.5 Å². The maximum Gasteiger partial charge on any atom is 0.249 e. The molecule has 1 fully saturated rings. The molecule has 1 aliphatic heterocycles. The van der Waals surface area contributed by atoms with Crippen molar-refractivity contribution in [1.29, 1.82) is 0 Å². The smallest absolute Gasteiger partial charge is 0.249 e. The van der Waals surface area contributed by atoms with Crippen molar-refractivity contribution >= 4 is 28.5 Å². The van der Waals surface area contributed by atoms with Crippen molar-refractivity contribution < 1.29 is 19.1 Å². The number of hydrogen-bond donors (Lipinski definition) is 2. The first-order valence-electron chi connectivity index (χ1n) is 16.6. The minimum atomic E-state index is -0.836. The Bertz CT molecular complexity index is 1610. The van der Waals surface area contributed by atoms with E-state index in [1.807, 2.05) is 97.1 Å². The van der Waals surface area contributed by atoms with Crippen LogP contribution < -0.4 is 10.6 Å². The van der Waals surface area contributed by atoms with Gasteiger partial charge in [0.2, 0.25) is 17.7 Å². The van der Waals surface area contributed by atoms with Crippen molar-refractivity contribution in [3.05, 3.63) is 120 Å². The van der Waals surface area contributed by atoms with Gasteiger partial charge in [0.25, 0.3) is 0 Å². The maximum absolute atomic E-state index is 14.5. The molecule has 1 unspecified atom stereocenters. The fourth-order valence-electron chi connectivity index (χ4n) is 6.17. The van der Waals surface area contributed by atoms with Crippen molar-refractivity contribution in [2.45, 2.75) is 50.2 Å². The lowest BCUT2D eigenvalue weighted by Crippen LogP contribution is -2.56. The number of nitrogens with one attached hydrogen (secondary N) is 2. The van der Waals surface area contributed by atoms with E-state index in [-0.39, 0.29) is 30.4 Å². The van der Waals surface area contributed by atoms with E-state index < -0.39 is 12.1 Å². The first kappa shape index (κ1) is 33.8. The highest BCUT2D eigenvalue weighted by atomic mass is 16.5. The molecule has 0 aliphatic carbocycles. The van der Waals surface area contributed by atoms with Gasteiger partial charge >= 0.3 is 0 Å². The van der Waals surface area contributed by atoms with Gasteiger partial charge in [0, 0.05) is 39.5 Å². The standard InChI is InChI=1S/C39H46N4O4/c1-42(37(44)28-47-27-34-18-11-22-40-34)36(26-31-19-20-32-16-9-10-17-33(32)24-31)39(46)43(2)35(25-30-14-7-4-8-15-30)38(45)41-23-21-29-12-5-3-6-13-29/h3-10,12-17,19-20,24,34-36,40H,11,18,21-23,25-28H2,1-2H3,(H,41,45)/t34-,35+,36?/m0/s1. The van der Waals surface area contributed by atoms with Crippen LogP contribution in [0.4, 0.5) is 0 Å². The molecule has 0 radical (unpaired) electrons. The summed E-state index contributed by atoms with van der Waals surface area (Å²) < 4.78 is 5.80. The number of amides is 3. The number of carbonyl (C=O) groups excluding carboxylic acids is 3. The molecule has 0 saturated carbocycles. The second kappa shape index (κ2) is 16.9. The third-order valence-electron chi connectivity index (χ3n) is 9.04. The van der Waals surface area contributed by atoms with Crippen LogP contribution in [0.5, 0.6) is 0 Å². The van der Waals surface area contributed by atoms with Crippen LogP contribution in [-0.4, -0.2) is 86.0 Å². The van der Waals surface area contributed by atoms with Gasteiger partial charge in [-0.3, -0.25) is 14.4 Å². The van der Waals surface area contributed by atoms with E-state index in [2.05, 4.69) is 16.7 Å². The van der Waals surface area contributed by atoms with Crippen LogP contribution in [0.15, 0.2) is 103 Å². The number of likely N-dealkylation sites (N-methyl/N-ethyl adjacent to an activating group) is 2. The number of ether oxygens (including phenoxy) is 1. The van der Waals surface area contributed by atoms with Crippen LogP contribution >= 0.6 is 0 Å². The molecular weight excluding hydrogens is 588 g/mol. The topological polar surface area (TPSA) is 91.0 Å². The molecule has 1 heterocycles. The summed E-state index contributed by atoms with van der Waals surface area (Å²) in [6.45, 7) is 1.74. The molecular formula is C39H46N4O4. The van der Waals surface area contributed by atoms with E-state index >= 15 is 0 Å². The van der Waals surface area contributed by atoms with E-state index in [0.717, 1.165) is 46.8 Å². The number of hydrogen-bond acceptors (Lipinski definition) is 5. The van der Waals surface area contributed by atoms with Gasteiger partial charge in [-0.25, -0.2) is 0 Å². The molecule has 4 aromatic rings. The average Bonchev–Trinajstić information content (AvgIpc) is 3.63. The summed E-state index contributed by atoms with van der Waals surface area (Å²) in [5, 5.41) is 8.61. The highest BCUT2D eigenvalue weighted by Gasteiger charge is 2.35. The van der Waals surface area contributed by atoms with Crippen molar-refractivity contribution in [3.8, 4) is 0 Å². The summed E-state index contributed by atoms with van der Waals surface area (Å²) in [6.07, 6.45) is 3.45. The maximum atomic E-state index is 14.5. The largest absolute Gasteiger partial charge is 0.370 e. The van der Waals surface area contributed by atoms with Gasteiger partial charge in [-0.1, -0.05) is 103 Å². The number of carbonyl (C=O) groups is 3. The van der Waals surface area contributed by atoms with Gasteiger partial charge in [-0.05, 0) is 53.3 Å². The monoisotopic (exact) mass is 634 g/mol. The number of rotatable bonds is 15. The molecule has 47 heavy (non-hydrogen) atoms. The second-order valence-corrected chi connectivity index (χ2v) is 12.4. The Labute approximate surface area is 278 Å². The average molecular weight is 635 g/mol. The SMILES string of the molecule is CN(C(=O)COC[C@@H]1CCCN1)C(Cc1ccc2ccccc2c1)C(=O)N(C)[C@H](Cc1ccccc1)C(=O)NCCc1ccccc1. The molecule has 3 amide bonds. The Balaban J connectivity index is 1.35. The van der Waals surface area contributed by atoms with Gasteiger partial charge in [0.15, 0.2) is 0 Å². The molecule has 1 saturated heterocycles. The number of benzene rings is 4. The molecule has 0 bridgehead atoms. The predicted molar refractivity (Wildman–Crippen MR) is 186 cm³/mol. The molecule has 4 aromatic carbocycles. The minimum Gasteiger partial charge on any atom is -0.370 e. The van der Waals surface area contributed by atoms with Crippen molar-refractivity contribution in [1.82, 2.24) is 20.4 Å². The Hall–Kier alpha value is -4.53. The fraction of sp³-hybridized carbons (Fsp3) is 0.359. The van der Waals surface area contributed by atoms with Crippen LogP contribution in [0.2, 0.25) is 0 Å². The van der Waals surface area contributed by atoms with Gasteiger partial charge < -0.3 is 25.2 Å². The third-order valence-corrected chi connectivity index (χ3v) is 9.04. The predicted octanol–water partition coefficient (Wildman–Crippen LogP) is 4.41. The first-order valence-corrected chi connectivity index (χ1v) is 16.6. The van der Waals surface area contributed by atoms with Gasteiger partial charge in [-0.2, -0.15) is 0 Å². The van der Waals surface area contributed by atoms with Crippen LogP contribution in [-0.2, 0) is 38.4 Å². The van der Waals surface area contributed by atoms with Crippen molar-refractivity contribution in [3.63, 3.8) is 0 Å². The fourth-order valence-corrected chi connectivity index (χ4v) is 6.17. The van der Waals surface area contributed by atoms with Crippen molar-refractivity contribution in [2.75, 3.05) is 40.4 Å². The Morgan fingerprint density at radius 1 is 0.787 bits per heavy atom. The highest BCUT2D eigenvalue weighted by Crippen LogP contribution is 2.20. The lowest BCUT2D eigenvalue weighted by Gasteiger charge is -2.34. The quantitative estimate of drug-likeness (QED) is 0.202. The zero-order valence-corrected chi connectivity index (χ0v) is 27.4. The summed E-state index contributed by atoms with van der Waals surface area (Å²) in [7, 11) is 3.32. The van der Waals surface area contributed by atoms with E-state index in [0.29, 0.717) is 32.4 Å². The lowest BCUT2D eigenvalue weighted by atomic mass is 9.98. The molecule has 0 spiro atoms. The zero-order valence-electron chi connectivity index (χ0n) is 27.4. The minimum absolute atomic E-state index is 0.118. The van der Waals surface area contributed by atoms with Gasteiger partial charge in [0.05, 0.1) is 6.61 Å². The van der Waals surface area contributed by atoms with E-state index in [4.69, 9.17) is 4.74 Å². The van der Waals surface area contributed by atoms with E-state index in [1.165, 1.54) is 9.80 Å². The molecule has 8 nitrogen and oxygen atoms in total. The third kappa shape index (κ3) is 9.50. The second-order valence-electron chi connectivity index (χ2n) is 12.4. The molecule has 0 aromatic heterocycles. The first-order chi connectivity index (χ1) is 22.9. The van der Waals surface area contributed by atoms with Gasteiger partial charge in [-0.15, -0.1) is 0 Å². The molecule has 3 atom stereocenters. The summed E-state index contributed by atoms with van der Waals surface area (Å²) in [6, 6.07) is 32.5. The van der Waals surface area contributed by atoms with Crippen molar-refractivity contribution in [2.24, 2.45) is 0 Å². The molecule has 246 valence electrons. The highest BCUT2D eigenvalue weighted by molar-refractivity contribution is 5.92. The molecule has 8 heteroatoms.